The molecule has 0 unspecified atom stereocenters. The van der Waals surface area contributed by atoms with Crippen LogP contribution in [0.1, 0.15) is 68.1 Å². The Bertz CT molecular complexity index is 1110. The first-order valence-electron chi connectivity index (χ1n) is 12.0. The zero-order valence-electron chi connectivity index (χ0n) is 19.1. The molecule has 8 nitrogen and oxygen atoms in total. The van der Waals surface area contributed by atoms with Gasteiger partial charge in [0.25, 0.3) is 0 Å². The number of hydrogen-bond donors (Lipinski definition) is 3. The van der Waals surface area contributed by atoms with Crippen LogP contribution in [0.15, 0.2) is 23.8 Å². The van der Waals surface area contributed by atoms with E-state index in [1.54, 1.807) is 17.5 Å². The molecule has 1 saturated heterocycles. The Labute approximate surface area is 197 Å². The summed E-state index contributed by atoms with van der Waals surface area (Å²) in [7, 11) is 0. The van der Waals surface area contributed by atoms with Crippen LogP contribution in [0.2, 0.25) is 0 Å². The number of nitrogens with one attached hydrogen (secondary N) is 2. The van der Waals surface area contributed by atoms with Crippen molar-refractivity contribution < 1.29 is 9.90 Å². The summed E-state index contributed by atoms with van der Waals surface area (Å²) in [5, 5.41) is 23.6. The van der Waals surface area contributed by atoms with Crippen LogP contribution in [0.5, 0.6) is 0 Å². The van der Waals surface area contributed by atoms with E-state index in [0.29, 0.717) is 24.8 Å². The van der Waals surface area contributed by atoms with Gasteiger partial charge in [0.1, 0.15) is 11.6 Å². The molecule has 0 aromatic carbocycles. The van der Waals surface area contributed by atoms with Crippen LogP contribution in [-0.4, -0.2) is 55.5 Å². The third-order valence-electron chi connectivity index (χ3n) is 6.93. The summed E-state index contributed by atoms with van der Waals surface area (Å²) in [6.45, 7) is 3.89. The molecule has 3 aromatic rings. The van der Waals surface area contributed by atoms with Crippen LogP contribution in [0, 0.1) is 5.92 Å². The van der Waals surface area contributed by atoms with Crippen molar-refractivity contribution in [1.29, 1.82) is 0 Å². The molecule has 0 atom stereocenters. The van der Waals surface area contributed by atoms with Crippen LogP contribution in [-0.2, 0) is 6.42 Å². The second-order valence-electron chi connectivity index (χ2n) is 9.80. The lowest BCUT2D eigenvalue weighted by Crippen LogP contribution is -2.36. The molecule has 33 heavy (non-hydrogen) atoms. The Kier molecular flexibility index (Phi) is 6.44. The van der Waals surface area contributed by atoms with Crippen LogP contribution in [0.3, 0.4) is 0 Å². The Morgan fingerprint density at radius 1 is 1.27 bits per heavy atom. The molecule has 0 bridgehead atoms. The van der Waals surface area contributed by atoms with Gasteiger partial charge in [-0.05, 0) is 81.5 Å². The summed E-state index contributed by atoms with van der Waals surface area (Å²) in [5.41, 5.74) is 1.31. The predicted molar refractivity (Wildman–Crippen MR) is 130 cm³/mol. The highest BCUT2D eigenvalue weighted by molar-refractivity contribution is 7.17. The zero-order chi connectivity index (χ0) is 22.8. The highest BCUT2D eigenvalue weighted by Gasteiger charge is 2.29. The molecule has 4 heterocycles. The van der Waals surface area contributed by atoms with E-state index in [2.05, 4.69) is 15.7 Å². The Morgan fingerprint density at radius 2 is 2.06 bits per heavy atom. The summed E-state index contributed by atoms with van der Waals surface area (Å²) >= 11 is 1.64. The minimum atomic E-state index is -0.557. The van der Waals surface area contributed by atoms with Crippen molar-refractivity contribution in [3.05, 3.63) is 35.2 Å². The first kappa shape index (κ1) is 22.4. The SMILES string of the molecule is CC1(O)CCC(Nc2nc(Cc3cnn(C(=O)CC4CCNCC4)c3)nc3ccsc23)CC1. The molecular formula is C24H32N6O2S. The number of rotatable bonds is 6. The van der Waals surface area contributed by atoms with E-state index >= 15 is 0 Å². The topological polar surface area (TPSA) is 105 Å². The molecule has 9 heteroatoms. The monoisotopic (exact) mass is 468 g/mol. The Balaban J connectivity index is 1.28. The molecule has 1 aliphatic heterocycles. The van der Waals surface area contributed by atoms with Crippen LogP contribution < -0.4 is 10.6 Å². The van der Waals surface area contributed by atoms with Gasteiger partial charge >= 0.3 is 0 Å². The van der Waals surface area contributed by atoms with Crippen LogP contribution in [0.4, 0.5) is 5.82 Å². The summed E-state index contributed by atoms with van der Waals surface area (Å²) in [6, 6.07) is 2.32. The number of carbonyl (C=O) groups excluding carboxylic acids is 1. The molecule has 3 N–H and O–H groups in total. The quantitative estimate of drug-likeness (QED) is 0.507. The standard InChI is InChI=1S/C24H32N6O2S/c1-24(32)7-2-18(3-8-24)27-23-22-19(6-11-33-22)28-20(29-23)12-17-14-26-30(15-17)21(31)13-16-4-9-25-10-5-16/h6,11,14-16,18,25,32H,2-5,7-10,12-13H2,1H3,(H,27,28,29). The molecule has 176 valence electrons. The second-order valence-corrected chi connectivity index (χ2v) is 10.7. The van der Waals surface area contributed by atoms with E-state index in [4.69, 9.17) is 9.97 Å². The van der Waals surface area contributed by atoms with Crippen molar-refractivity contribution >= 4 is 33.3 Å². The van der Waals surface area contributed by atoms with Crippen LogP contribution >= 0.6 is 11.3 Å². The third kappa shape index (κ3) is 5.42. The molecule has 2 aliphatic rings. The van der Waals surface area contributed by atoms with E-state index in [9.17, 15) is 9.90 Å². The molecule has 1 saturated carbocycles. The Hall–Kier alpha value is -2.36. The van der Waals surface area contributed by atoms with Crippen molar-refractivity contribution in [3.63, 3.8) is 0 Å². The van der Waals surface area contributed by atoms with E-state index in [1.807, 2.05) is 24.6 Å². The predicted octanol–water partition coefficient (Wildman–Crippen LogP) is 3.61. The number of carbonyl (C=O) groups is 1. The van der Waals surface area contributed by atoms with Gasteiger partial charge in [-0.1, -0.05) is 0 Å². The van der Waals surface area contributed by atoms with Gasteiger partial charge in [-0.15, -0.1) is 11.3 Å². The minimum Gasteiger partial charge on any atom is -0.390 e. The molecule has 3 aromatic heterocycles. The minimum absolute atomic E-state index is 0.0536. The van der Waals surface area contributed by atoms with Crippen molar-refractivity contribution in [1.82, 2.24) is 25.1 Å². The van der Waals surface area contributed by atoms with Crippen molar-refractivity contribution in [2.75, 3.05) is 18.4 Å². The summed E-state index contributed by atoms with van der Waals surface area (Å²) in [5.74, 6) is 2.08. The Morgan fingerprint density at radius 3 is 2.85 bits per heavy atom. The van der Waals surface area contributed by atoms with Crippen molar-refractivity contribution in [3.8, 4) is 0 Å². The first-order valence-corrected chi connectivity index (χ1v) is 12.8. The number of aliphatic hydroxyl groups is 1. The number of anilines is 1. The average Bonchev–Trinajstić information content (AvgIpc) is 3.46. The molecule has 0 spiro atoms. The van der Waals surface area contributed by atoms with E-state index in [0.717, 1.165) is 79.0 Å². The maximum atomic E-state index is 12.7. The summed E-state index contributed by atoms with van der Waals surface area (Å²) in [4.78, 5) is 22.3. The zero-order valence-corrected chi connectivity index (χ0v) is 19.9. The van der Waals surface area contributed by atoms with Gasteiger partial charge in [0.2, 0.25) is 5.91 Å². The number of fused-ring (bicyclic) bond motifs is 1. The lowest BCUT2D eigenvalue weighted by Gasteiger charge is -2.33. The molecular weight excluding hydrogens is 436 g/mol. The summed E-state index contributed by atoms with van der Waals surface area (Å²) < 4.78 is 2.54. The maximum absolute atomic E-state index is 12.7. The van der Waals surface area contributed by atoms with Gasteiger partial charge in [0, 0.05) is 25.1 Å². The second kappa shape index (κ2) is 9.48. The number of nitrogens with zero attached hydrogens (tertiary/aromatic N) is 4. The van der Waals surface area contributed by atoms with Crippen molar-refractivity contribution in [2.24, 2.45) is 5.92 Å². The smallest absolute Gasteiger partial charge is 0.247 e. The number of piperidine rings is 1. The molecule has 0 radical (unpaired) electrons. The normalized spacial score (nSPS) is 24.2. The van der Waals surface area contributed by atoms with Gasteiger partial charge in [-0.3, -0.25) is 4.79 Å². The highest BCUT2D eigenvalue weighted by atomic mass is 32.1. The molecule has 0 amide bonds. The molecule has 2 fully saturated rings. The van der Waals surface area contributed by atoms with Crippen LogP contribution in [0.25, 0.3) is 10.2 Å². The third-order valence-corrected chi connectivity index (χ3v) is 7.84. The molecule has 1 aliphatic carbocycles. The number of thiophene rings is 1. The van der Waals surface area contributed by atoms with E-state index in [1.165, 1.54) is 4.68 Å². The molecule has 5 rings (SSSR count). The maximum Gasteiger partial charge on any atom is 0.247 e. The fourth-order valence-electron chi connectivity index (χ4n) is 4.86. The van der Waals surface area contributed by atoms with Gasteiger partial charge in [0.15, 0.2) is 0 Å². The highest BCUT2D eigenvalue weighted by Crippen LogP contribution is 2.32. The lowest BCUT2D eigenvalue weighted by molar-refractivity contribution is 0.0196. The largest absolute Gasteiger partial charge is 0.390 e. The van der Waals surface area contributed by atoms with Crippen molar-refractivity contribution in [2.45, 2.75) is 69.9 Å². The van der Waals surface area contributed by atoms with E-state index < -0.39 is 5.60 Å². The fraction of sp³-hybridized carbons (Fsp3) is 0.583. The first-order chi connectivity index (χ1) is 15.9. The van der Waals surface area contributed by atoms with Gasteiger partial charge in [-0.25, -0.2) is 14.6 Å². The summed E-state index contributed by atoms with van der Waals surface area (Å²) in [6.07, 6.45) is 10.2. The van der Waals surface area contributed by atoms with Gasteiger partial charge in [-0.2, -0.15) is 5.10 Å². The fourth-order valence-corrected chi connectivity index (χ4v) is 5.65. The van der Waals surface area contributed by atoms with Gasteiger partial charge < -0.3 is 15.7 Å². The van der Waals surface area contributed by atoms with E-state index in [-0.39, 0.29) is 5.91 Å². The van der Waals surface area contributed by atoms with Gasteiger partial charge in [0.05, 0.1) is 22.0 Å². The number of hydrogen-bond acceptors (Lipinski definition) is 8. The number of aromatic nitrogens is 4. The lowest BCUT2D eigenvalue weighted by atomic mass is 9.84. The average molecular weight is 469 g/mol.